The quantitative estimate of drug-likeness (QED) is 0.853. The van der Waals surface area contributed by atoms with Gasteiger partial charge in [0.25, 0.3) is 0 Å². The highest BCUT2D eigenvalue weighted by Gasteiger charge is 2.24. The van der Waals surface area contributed by atoms with Crippen molar-refractivity contribution in [2.75, 3.05) is 6.61 Å². The Morgan fingerprint density at radius 3 is 2.55 bits per heavy atom. The monoisotopic (exact) mass is 274 g/mol. The van der Waals surface area contributed by atoms with Crippen LogP contribution in [0.4, 0.5) is 4.39 Å². The molecule has 104 valence electrons. The van der Waals surface area contributed by atoms with Gasteiger partial charge in [0, 0.05) is 5.56 Å². The third-order valence-corrected chi connectivity index (χ3v) is 3.00. The van der Waals surface area contributed by atoms with Crippen LogP contribution in [0.15, 0.2) is 48.5 Å². The summed E-state index contributed by atoms with van der Waals surface area (Å²) in [5, 5.41) is 10.3. The third-order valence-electron chi connectivity index (χ3n) is 3.00. The van der Waals surface area contributed by atoms with Gasteiger partial charge in [0.2, 0.25) is 0 Å². The molecular formula is C16H15FO3. The minimum absolute atomic E-state index is 0.00630. The molecule has 4 heteroatoms. The first-order chi connectivity index (χ1) is 9.53. The Kier molecular flexibility index (Phi) is 4.15. The molecular weight excluding hydrogens is 259 g/mol. The number of hydrogen-bond donors (Lipinski definition) is 1. The zero-order valence-electron chi connectivity index (χ0n) is 11.0. The van der Waals surface area contributed by atoms with Crippen LogP contribution in [0.3, 0.4) is 0 Å². The maximum atomic E-state index is 13.6. The Balaban J connectivity index is 2.10. The van der Waals surface area contributed by atoms with E-state index in [9.17, 15) is 14.3 Å². The van der Waals surface area contributed by atoms with E-state index in [0.717, 1.165) is 6.07 Å². The van der Waals surface area contributed by atoms with Crippen LogP contribution in [-0.2, 0) is 5.60 Å². The van der Waals surface area contributed by atoms with Gasteiger partial charge in [0.1, 0.15) is 18.5 Å². The van der Waals surface area contributed by atoms with Crippen molar-refractivity contribution >= 4 is 6.29 Å². The van der Waals surface area contributed by atoms with Gasteiger partial charge >= 0.3 is 0 Å². The lowest BCUT2D eigenvalue weighted by Gasteiger charge is -2.24. The van der Waals surface area contributed by atoms with Gasteiger partial charge in [0.15, 0.2) is 11.6 Å². The normalized spacial score (nSPS) is 13.6. The summed E-state index contributed by atoms with van der Waals surface area (Å²) in [6.07, 6.45) is 0.562. The predicted molar refractivity (Wildman–Crippen MR) is 73.3 cm³/mol. The fourth-order valence-electron chi connectivity index (χ4n) is 1.81. The fourth-order valence-corrected chi connectivity index (χ4v) is 1.81. The molecule has 0 heterocycles. The van der Waals surface area contributed by atoms with Crippen molar-refractivity contribution in [2.45, 2.75) is 12.5 Å². The number of aliphatic hydroxyl groups is 1. The van der Waals surface area contributed by atoms with E-state index >= 15 is 0 Å². The van der Waals surface area contributed by atoms with Gasteiger partial charge < -0.3 is 9.84 Å². The van der Waals surface area contributed by atoms with E-state index in [1.807, 2.05) is 18.2 Å². The molecule has 0 aliphatic heterocycles. The van der Waals surface area contributed by atoms with Crippen LogP contribution < -0.4 is 4.74 Å². The maximum Gasteiger partial charge on any atom is 0.165 e. The van der Waals surface area contributed by atoms with Gasteiger partial charge in [-0.05, 0) is 30.7 Å². The van der Waals surface area contributed by atoms with Crippen LogP contribution in [0.5, 0.6) is 5.75 Å². The van der Waals surface area contributed by atoms with Crippen LogP contribution in [-0.4, -0.2) is 18.0 Å². The second kappa shape index (κ2) is 5.84. The molecule has 20 heavy (non-hydrogen) atoms. The summed E-state index contributed by atoms with van der Waals surface area (Å²) < 4.78 is 19.0. The van der Waals surface area contributed by atoms with Gasteiger partial charge in [-0.1, -0.05) is 30.3 Å². The Hall–Kier alpha value is -2.20. The van der Waals surface area contributed by atoms with E-state index in [1.165, 1.54) is 12.1 Å². The van der Waals surface area contributed by atoms with Crippen molar-refractivity contribution in [3.8, 4) is 5.75 Å². The van der Waals surface area contributed by atoms with Crippen molar-refractivity contribution in [3.05, 3.63) is 65.5 Å². The van der Waals surface area contributed by atoms with E-state index < -0.39 is 11.4 Å². The Morgan fingerprint density at radius 1 is 1.25 bits per heavy atom. The highest BCUT2D eigenvalue weighted by molar-refractivity contribution is 5.74. The Bertz CT molecular complexity index is 594. The second-order valence-corrected chi connectivity index (χ2v) is 4.74. The van der Waals surface area contributed by atoms with Crippen LogP contribution in [0.1, 0.15) is 22.8 Å². The number of carbonyl (C=O) groups is 1. The Morgan fingerprint density at radius 2 is 1.95 bits per heavy atom. The first-order valence-electron chi connectivity index (χ1n) is 6.18. The molecule has 0 bridgehead atoms. The average Bonchev–Trinajstić information content (AvgIpc) is 2.47. The lowest BCUT2D eigenvalue weighted by atomic mass is 9.97. The molecule has 3 nitrogen and oxygen atoms in total. The summed E-state index contributed by atoms with van der Waals surface area (Å²) in [4.78, 5) is 10.5. The number of halogens is 1. The van der Waals surface area contributed by atoms with Gasteiger partial charge in [-0.3, -0.25) is 4.79 Å². The summed E-state index contributed by atoms with van der Waals surface area (Å²) in [7, 11) is 0. The minimum Gasteiger partial charge on any atom is -0.487 e. The standard InChI is InChI=1S/C16H15FO3/c1-16(19,13-5-3-2-4-6-13)11-20-15-8-7-12(10-18)9-14(15)17/h2-10,19H,11H2,1H3. The molecule has 0 spiro atoms. The van der Waals surface area contributed by atoms with E-state index in [4.69, 9.17) is 4.74 Å². The Labute approximate surface area is 116 Å². The van der Waals surface area contributed by atoms with Crippen LogP contribution in [0.25, 0.3) is 0 Å². The zero-order chi connectivity index (χ0) is 14.6. The minimum atomic E-state index is -1.23. The van der Waals surface area contributed by atoms with Crippen molar-refractivity contribution in [1.29, 1.82) is 0 Å². The van der Waals surface area contributed by atoms with Gasteiger partial charge in [-0.2, -0.15) is 0 Å². The van der Waals surface area contributed by atoms with Crippen LogP contribution in [0, 0.1) is 5.82 Å². The van der Waals surface area contributed by atoms with E-state index in [2.05, 4.69) is 0 Å². The first kappa shape index (κ1) is 14.2. The van der Waals surface area contributed by atoms with Gasteiger partial charge in [-0.15, -0.1) is 0 Å². The van der Waals surface area contributed by atoms with Crippen molar-refractivity contribution in [3.63, 3.8) is 0 Å². The summed E-state index contributed by atoms with van der Waals surface area (Å²) >= 11 is 0. The molecule has 1 N–H and O–H groups in total. The summed E-state index contributed by atoms with van der Waals surface area (Å²) in [6.45, 7) is 1.51. The molecule has 0 aromatic heterocycles. The van der Waals surface area contributed by atoms with Crippen molar-refractivity contribution < 1.29 is 19.0 Å². The number of hydrogen-bond acceptors (Lipinski definition) is 3. The highest BCUT2D eigenvalue weighted by atomic mass is 19.1. The van der Waals surface area contributed by atoms with Crippen molar-refractivity contribution in [1.82, 2.24) is 0 Å². The number of carbonyl (C=O) groups excluding carboxylic acids is 1. The molecule has 0 aliphatic rings. The first-order valence-corrected chi connectivity index (χ1v) is 6.18. The highest BCUT2D eigenvalue weighted by Crippen LogP contribution is 2.24. The smallest absolute Gasteiger partial charge is 0.165 e. The number of ether oxygens (including phenoxy) is 1. The molecule has 1 unspecified atom stereocenters. The zero-order valence-corrected chi connectivity index (χ0v) is 11.0. The molecule has 2 aromatic carbocycles. The molecule has 0 saturated heterocycles. The van der Waals surface area contributed by atoms with Gasteiger partial charge in [0.05, 0.1) is 0 Å². The molecule has 2 aromatic rings. The molecule has 0 amide bonds. The van der Waals surface area contributed by atoms with Gasteiger partial charge in [-0.25, -0.2) is 4.39 Å². The molecule has 0 radical (unpaired) electrons. The third kappa shape index (κ3) is 3.22. The lowest BCUT2D eigenvalue weighted by molar-refractivity contribution is 0.00642. The number of benzene rings is 2. The summed E-state index contributed by atoms with van der Waals surface area (Å²) in [5.41, 5.74) is -0.300. The second-order valence-electron chi connectivity index (χ2n) is 4.74. The molecule has 1 atom stereocenters. The fraction of sp³-hybridized carbons (Fsp3) is 0.188. The summed E-state index contributed by atoms with van der Waals surface area (Å²) in [5.74, 6) is -0.620. The topological polar surface area (TPSA) is 46.5 Å². The van der Waals surface area contributed by atoms with E-state index in [-0.39, 0.29) is 17.9 Å². The maximum absolute atomic E-state index is 13.6. The SMILES string of the molecule is CC(O)(COc1ccc(C=O)cc1F)c1ccccc1. The van der Waals surface area contributed by atoms with E-state index in [1.54, 1.807) is 19.1 Å². The predicted octanol–water partition coefficient (Wildman–Crippen LogP) is 2.92. The number of aldehydes is 1. The molecule has 0 saturated carbocycles. The van der Waals surface area contributed by atoms with Crippen LogP contribution >= 0.6 is 0 Å². The lowest BCUT2D eigenvalue weighted by Crippen LogP contribution is -2.29. The molecule has 0 fully saturated rings. The van der Waals surface area contributed by atoms with Crippen molar-refractivity contribution in [2.24, 2.45) is 0 Å². The number of rotatable bonds is 5. The largest absolute Gasteiger partial charge is 0.487 e. The molecule has 0 aliphatic carbocycles. The van der Waals surface area contributed by atoms with Crippen LogP contribution in [0.2, 0.25) is 0 Å². The van der Waals surface area contributed by atoms with E-state index in [0.29, 0.717) is 11.8 Å². The average molecular weight is 274 g/mol. The molecule has 2 rings (SSSR count). The summed E-state index contributed by atoms with van der Waals surface area (Å²) in [6, 6.07) is 12.9.